The van der Waals surface area contributed by atoms with Crippen LogP contribution in [0.3, 0.4) is 0 Å². The van der Waals surface area contributed by atoms with Gasteiger partial charge in [0, 0.05) is 12.6 Å². The van der Waals surface area contributed by atoms with Crippen LogP contribution in [-0.2, 0) is 16.0 Å². The van der Waals surface area contributed by atoms with E-state index in [4.69, 9.17) is 4.74 Å². The lowest BCUT2D eigenvalue weighted by Crippen LogP contribution is -2.43. The molecule has 1 aromatic rings. The fourth-order valence-electron chi connectivity index (χ4n) is 2.30. The highest BCUT2D eigenvalue weighted by Crippen LogP contribution is 2.14. The molecule has 0 bridgehead atoms. The summed E-state index contributed by atoms with van der Waals surface area (Å²) in [6.07, 6.45) is 4.70. The van der Waals surface area contributed by atoms with E-state index in [9.17, 15) is 8.78 Å². The monoisotopic (exact) mass is 341 g/mol. The van der Waals surface area contributed by atoms with Gasteiger partial charge in [-0.2, -0.15) is 13.5 Å². The SMILES string of the molecule is C=C(/C=C\C(=C/C)n1nnnc1CN1CCOC[C@H]1C)OC(F)F. The summed E-state index contributed by atoms with van der Waals surface area (Å²) >= 11 is 0. The number of aromatic nitrogens is 4. The van der Waals surface area contributed by atoms with Crippen LogP contribution in [0.2, 0.25) is 0 Å². The van der Waals surface area contributed by atoms with E-state index >= 15 is 0 Å². The third-order valence-corrected chi connectivity index (χ3v) is 3.60. The van der Waals surface area contributed by atoms with Crippen molar-refractivity contribution in [1.82, 2.24) is 25.1 Å². The topological polar surface area (TPSA) is 65.3 Å². The second kappa shape index (κ2) is 8.65. The Morgan fingerprint density at radius 1 is 1.50 bits per heavy atom. The molecule has 0 amide bonds. The molecule has 0 aromatic carbocycles. The Labute approximate surface area is 139 Å². The van der Waals surface area contributed by atoms with Gasteiger partial charge in [-0.15, -0.1) is 5.10 Å². The van der Waals surface area contributed by atoms with E-state index in [1.165, 1.54) is 6.08 Å². The van der Waals surface area contributed by atoms with Crippen molar-refractivity contribution in [3.8, 4) is 0 Å². The van der Waals surface area contributed by atoms with Crippen LogP contribution in [0, 0.1) is 0 Å². The quantitative estimate of drug-likeness (QED) is 0.559. The van der Waals surface area contributed by atoms with Crippen molar-refractivity contribution in [3.63, 3.8) is 0 Å². The van der Waals surface area contributed by atoms with Crippen molar-refractivity contribution in [2.45, 2.75) is 33.0 Å². The summed E-state index contributed by atoms with van der Waals surface area (Å²) in [7, 11) is 0. The summed E-state index contributed by atoms with van der Waals surface area (Å²) in [4.78, 5) is 2.22. The summed E-state index contributed by atoms with van der Waals surface area (Å²) in [5.74, 6) is 0.516. The van der Waals surface area contributed by atoms with Gasteiger partial charge in [0.05, 0.1) is 25.5 Å². The van der Waals surface area contributed by atoms with Gasteiger partial charge in [0.25, 0.3) is 0 Å². The number of rotatable bonds is 7. The van der Waals surface area contributed by atoms with Gasteiger partial charge in [0.15, 0.2) is 5.82 Å². The van der Waals surface area contributed by atoms with Crippen molar-refractivity contribution in [1.29, 1.82) is 0 Å². The van der Waals surface area contributed by atoms with Crippen LogP contribution in [-0.4, -0.2) is 57.5 Å². The fraction of sp³-hybridized carbons (Fsp3) is 0.533. The van der Waals surface area contributed by atoms with E-state index in [-0.39, 0.29) is 11.8 Å². The standard InChI is InChI=1S/C15H21F2N5O2/c1-4-13(6-5-12(3)24-15(16)17)22-14(18-19-20-22)9-21-7-8-23-10-11(21)2/h4-6,11,15H,3,7-10H2,1-2H3/b6-5-,13-4+/t11-/m1/s1. The number of halogens is 2. The van der Waals surface area contributed by atoms with Gasteiger partial charge in [0.1, 0.15) is 5.76 Å². The molecule has 1 saturated heterocycles. The van der Waals surface area contributed by atoms with Gasteiger partial charge in [-0.25, -0.2) is 0 Å². The second-order valence-electron chi connectivity index (χ2n) is 5.29. The lowest BCUT2D eigenvalue weighted by atomic mass is 10.2. The second-order valence-corrected chi connectivity index (χ2v) is 5.29. The molecule has 2 heterocycles. The third kappa shape index (κ3) is 4.93. The molecule has 7 nitrogen and oxygen atoms in total. The molecule has 132 valence electrons. The number of ether oxygens (including phenoxy) is 2. The van der Waals surface area contributed by atoms with Crippen molar-refractivity contribution in [3.05, 3.63) is 36.4 Å². The van der Waals surface area contributed by atoms with Crippen molar-refractivity contribution in [2.24, 2.45) is 0 Å². The number of nitrogens with zero attached hydrogens (tertiary/aromatic N) is 5. The molecule has 1 aliphatic rings. The van der Waals surface area contributed by atoms with Gasteiger partial charge < -0.3 is 9.47 Å². The van der Waals surface area contributed by atoms with E-state index in [0.29, 0.717) is 31.3 Å². The third-order valence-electron chi connectivity index (χ3n) is 3.60. The number of hydrogen-bond donors (Lipinski definition) is 0. The minimum Gasteiger partial charge on any atom is -0.435 e. The molecular weight excluding hydrogens is 320 g/mol. The molecule has 0 N–H and O–H groups in total. The number of alkyl halides is 2. The van der Waals surface area contributed by atoms with Crippen LogP contribution in [0.1, 0.15) is 19.7 Å². The average molecular weight is 341 g/mol. The predicted octanol–water partition coefficient (Wildman–Crippen LogP) is 2.06. The van der Waals surface area contributed by atoms with Gasteiger partial charge in [-0.05, 0) is 36.4 Å². The highest BCUT2D eigenvalue weighted by Gasteiger charge is 2.21. The highest BCUT2D eigenvalue weighted by molar-refractivity contribution is 5.56. The molecule has 0 saturated carbocycles. The van der Waals surface area contributed by atoms with Crippen molar-refractivity contribution >= 4 is 5.70 Å². The zero-order valence-corrected chi connectivity index (χ0v) is 13.7. The molecule has 1 atom stereocenters. The fourth-order valence-corrected chi connectivity index (χ4v) is 2.30. The van der Waals surface area contributed by atoms with Crippen molar-refractivity contribution < 1.29 is 18.3 Å². The van der Waals surface area contributed by atoms with Crippen LogP contribution in [0.15, 0.2) is 30.6 Å². The Kier molecular flexibility index (Phi) is 6.56. The largest absolute Gasteiger partial charge is 0.435 e. The first kappa shape index (κ1) is 18.2. The molecule has 0 radical (unpaired) electrons. The molecule has 24 heavy (non-hydrogen) atoms. The van der Waals surface area contributed by atoms with Crippen LogP contribution in [0.4, 0.5) is 8.78 Å². The summed E-state index contributed by atoms with van der Waals surface area (Å²) in [6, 6.07) is 0.271. The van der Waals surface area contributed by atoms with Gasteiger partial charge in [0.2, 0.25) is 0 Å². The number of morpholine rings is 1. The molecular formula is C15H21F2N5O2. The Hall–Kier alpha value is -2.13. The van der Waals surface area contributed by atoms with E-state index in [0.717, 1.165) is 6.54 Å². The molecule has 0 spiro atoms. The Bertz CT molecular complexity index is 615. The molecule has 0 aliphatic carbocycles. The van der Waals surface area contributed by atoms with Gasteiger partial charge in [-0.1, -0.05) is 12.7 Å². The Balaban J connectivity index is 2.09. The zero-order valence-electron chi connectivity index (χ0n) is 13.7. The van der Waals surface area contributed by atoms with Crippen molar-refractivity contribution in [2.75, 3.05) is 19.8 Å². The highest BCUT2D eigenvalue weighted by atomic mass is 19.3. The van der Waals surface area contributed by atoms with E-state index in [2.05, 4.69) is 38.7 Å². The first-order chi connectivity index (χ1) is 11.5. The summed E-state index contributed by atoms with van der Waals surface area (Å²) in [5.41, 5.74) is 0.634. The van der Waals surface area contributed by atoms with E-state index in [1.807, 2.05) is 0 Å². The van der Waals surface area contributed by atoms with E-state index in [1.54, 1.807) is 23.8 Å². The first-order valence-electron chi connectivity index (χ1n) is 7.58. The maximum atomic E-state index is 12.1. The number of allylic oxidation sites excluding steroid dienone is 4. The average Bonchev–Trinajstić information content (AvgIpc) is 2.98. The lowest BCUT2D eigenvalue weighted by molar-refractivity contribution is -0.0915. The van der Waals surface area contributed by atoms with E-state index < -0.39 is 6.61 Å². The number of hydrogen-bond acceptors (Lipinski definition) is 6. The van der Waals surface area contributed by atoms with Gasteiger partial charge in [-0.3, -0.25) is 4.90 Å². The normalized spacial score (nSPS) is 20.0. The minimum absolute atomic E-state index is 0.138. The van der Waals surface area contributed by atoms with Crippen LogP contribution < -0.4 is 0 Å². The van der Waals surface area contributed by atoms with Crippen LogP contribution in [0.5, 0.6) is 0 Å². The lowest BCUT2D eigenvalue weighted by Gasteiger charge is -2.32. The summed E-state index contributed by atoms with van der Waals surface area (Å²) < 4.78 is 35.5. The molecule has 1 aromatic heterocycles. The van der Waals surface area contributed by atoms with Crippen LogP contribution >= 0.6 is 0 Å². The smallest absolute Gasteiger partial charge is 0.387 e. The molecule has 2 rings (SSSR count). The Morgan fingerprint density at radius 2 is 2.29 bits per heavy atom. The first-order valence-corrected chi connectivity index (χ1v) is 7.58. The molecule has 1 aliphatic heterocycles. The molecule has 0 unspecified atom stereocenters. The molecule has 1 fully saturated rings. The summed E-state index contributed by atoms with van der Waals surface area (Å²) in [6.45, 7) is 7.10. The van der Waals surface area contributed by atoms with Gasteiger partial charge >= 0.3 is 6.61 Å². The van der Waals surface area contributed by atoms with Crippen LogP contribution in [0.25, 0.3) is 5.70 Å². The summed E-state index contributed by atoms with van der Waals surface area (Å²) in [5, 5.41) is 11.7. The maximum Gasteiger partial charge on any atom is 0.387 e. The zero-order chi connectivity index (χ0) is 17.5. The minimum atomic E-state index is -2.90. The molecule has 9 heteroatoms. The maximum absolute atomic E-state index is 12.1. The Morgan fingerprint density at radius 3 is 2.96 bits per heavy atom. The number of tetrazole rings is 1. The predicted molar refractivity (Wildman–Crippen MR) is 83.8 cm³/mol.